The van der Waals surface area contributed by atoms with Crippen molar-refractivity contribution in [3.63, 3.8) is 0 Å². The van der Waals surface area contributed by atoms with Gasteiger partial charge in [0.1, 0.15) is 11.4 Å². The molecule has 1 aromatic carbocycles. The van der Waals surface area contributed by atoms with Crippen molar-refractivity contribution in [2.45, 2.75) is 26.7 Å². The summed E-state index contributed by atoms with van der Waals surface area (Å²) in [6.07, 6.45) is 1.22. The maximum absolute atomic E-state index is 13.0. The van der Waals surface area contributed by atoms with Gasteiger partial charge in [0.2, 0.25) is 0 Å². The third-order valence-electron chi connectivity index (χ3n) is 5.57. The molecule has 1 amide bonds. The van der Waals surface area contributed by atoms with Crippen LogP contribution in [0.4, 0.5) is 0 Å². The van der Waals surface area contributed by atoms with Crippen LogP contribution in [0.25, 0.3) is 0 Å². The van der Waals surface area contributed by atoms with Gasteiger partial charge in [-0.1, -0.05) is 0 Å². The van der Waals surface area contributed by atoms with Crippen molar-refractivity contribution in [3.05, 3.63) is 52.3 Å². The monoisotopic (exact) mass is 398 g/mol. The van der Waals surface area contributed by atoms with Crippen LogP contribution in [0.15, 0.2) is 24.3 Å². The van der Waals surface area contributed by atoms with Gasteiger partial charge in [-0.3, -0.25) is 9.59 Å². The number of ether oxygens (including phenoxy) is 2. The number of nitrogens with one attached hydrogen (secondary N) is 1. The lowest BCUT2D eigenvalue weighted by atomic mass is 9.88. The summed E-state index contributed by atoms with van der Waals surface area (Å²) in [6.45, 7) is 4.48. The Morgan fingerprint density at radius 2 is 1.66 bits per heavy atom. The molecule has 0 unspecified atom stereocenters. The summed E-state index contributed by atoms with van der Waals surface area (Å²) in [4.78, 5) is 42.4. The molecule has 0 atom stereocenters. The van der Waals surface area contributed by atoms with E-state index in [0.717, 1.165) is 0 Å². The number of aromatic nitrogens is 1. The van der Waals surface area contributed by atoms with Crippen molar-refractivity contribution in [2.24, 2.45) is 5.92 Å². The van der Waals surface area contributed by atoms with Gasteiger partial charge in [0.25, 0.3) is 5.91 Å². The smallest absolute Gasteiger partial charge is 0.339 e. The molecule has 3 rings (SSSR count). The number of H-pyrrole nitrogens is 1. The van der Waals surface area contributed by atoms with E-state index in [-0.39, 0.29) is 17.6 Å². The van der Waals surface area contributed by atoms with Gasteiger partial charge in [-0.15, -0.1) is 0 Å². The molecule has 154 valence electrons. The number of aryl methyl sites for hydroxylation is 1. The Balaban J connectivity index is 1.66. The summed E-state index contributed by atoms with van der Waals surface area (Å²) in [5.41, 5.74) is 2.68. The number of hydrogen-bond donors (Lipinski definition) is 1. The molecule has 0 aliphatic carbocycles. The fraction of sp³-hybridized carbons (Fsp3) is 0.409. The molecule has 0 bridgehead atoms. The number of aromatic amines is 1. The number of methoxy groups -OCH3 is 2. The predicted molar refractivity (Wildman–Crippen MR) is 108 cm³/mol. The Labute approximate surface area is 170 Å². The van der Waals surface area contributed by atoms with E-state index in [1.807, 2.05) is 0 Å². The molecular weight excluding hydrogens is 372 g/mol. The van der Waals surface area contributed by atoms with Crippen LogP contribution < -0.4 is 4.74 Å². The van der Waals surface area contributed by atoms with Gasteiger partial charge in [-0.25, -0.2) is 4.79 Å². The first-order valence-corrected chi connectivity index (χ1v) is 9.62. The van der Waals surface area contributed by atoms with Gasteiger partial charge in [0.05, 0.1) is 19.8 Å². The summed E-state index contributed by atoms with van der Waals surface area (Å²) < 4.78 is 9.94. The van der Waals surface area contributed by atoms with Gasteiger partial charge in [0.15, 0.2) is 5.78 Å². The van der Waals surface area contributed by atoms with Gasteiger partial charge in [0, 0.05) is 30.3 Å². The normalized spacial score (nSPS) is 14.6. The van der Waals surface area contributed by atoms with Crippen LogP contribution in [-0.2, 0) is 4.74 Å². The Hall–Kier alpha value is -3.09. The van der Waals surface area contributed by atoms with Crippen molar-refractivity contribution in [2.75, 3.05) is 27.3 Å². The van der Waals surface area contributed by atoms with E-state index in [1.165, 1.54) is 7.11 Å². The minimum absolute atomic E-state index is 0.0969. The number of esters is 1. The van der Waals surface area contributed by atoms with Crippen LogP contribution >= 0.6 is 0 Å². The van der Waals surface area contributed by atoms with E-state index in [9.17, 15) is 14.4 Å². The van der Waals surface area contributed by atoms with E-state index < -0.39 is 5.97 Å². The average Bonchev–Trinajstić information content (AvgIpc) is 3.06. The molecule has 0 spiro atoms. The fourth-order valence-electron chi connectivity index (χ4n) is 3.87. The molecule has 1 saturated heterocycles. The molecule has 0 radical (unpaired) electrons. The molecule has 1 aromatic heterocycles. The number of hydrogen-bond acceptors (Lipinski definition) is 5. The third kappa shape index (κ3) is 4.04. The third-order valence-corrected chi connectivity index (χ3v) is 5.57. The SMILES string of the molecule is COC(=O)c1c(C)[nH]c(C(=O)N2CCC(C(=O)c3ccc(OC)cc3)CC2)c1C. The number of Topliss-reactive ketones (excluding diaryl/α,β-unsaturated/α-hetero) is 1. The molecule has 29 heavy (non-hydrogen) atoms. The van der Waals surface area contributed by atoms with Gasteiger partial charge in [-0.05, 0) is 56.5 Å². The molecule has 1 N–H and O–H groups in total. The maximum atomic E-state index is 13.0. The second-order valence-corrected chi connectivity index (χ2v) is 7.28. The highest BCUT2D eigenvalue weighted by atomic mass is 16.5. The lowest BCUT2D eigenvalue weighted by Gasteiger charge is -2.31. The van der Waals surface area contributed by atoms with E-state index in [2.05, 4.69) is 4.98 Å². The number of likely N-dealkylation sites (tertiary alicyclic amines) is 1. The molecular formula is C22H26N2O5. The summed E-state index contributed by atoms with van der Waals surface area (Å²) in [5, 5.41) is 0. The number of carbonyl (C=O) groups is 3. The number of carbonyl (C=O) groups excluding carboxylic acids is 3. The largest absolute Gasteiger partial charge is 0.497 e. The predicted octanol–water partition coefficient (Wildman–Crippen LogP) is 3.16. The van der Waals surface area contributed by atoms with Crippen LogP contribution in [0.1, 0.15) is 55.3 Å². The maximum Gasteiger partial charge on any atom is 0.339 e. The highest BCUT2D eigenvalue weighted by molar-refractivity contribution is 6.01. The molecule has 0 saturated carbocycles. The number of nitrogens with zero attached hydrogens (tertiary/aromatic N) is 1. The second kappa shape index (κ2) is 8.51. The summed E-state index contributed by atoms with van der Waals surface area (Å²) in [7, 11) is 2.91. The first-order valence-electron chi connectivity index (χ1n) is 9.62. The van der Waals surface area contributed by atoms with E-state index in [4.69, 9.17) is 9.47 Å². The van der Waals surface area contributed by atoms with Crippen molar-refractivity contribution in [1.29, 1.82) is 0 Å². The molecule has 1 aliphatic heterocycles. The van der Waals surface area contributed by atoms with Crippen molar-refractivity contribution in [1.82, 2.24) is 9.88 Å². The van der Waals surface area contributed by atoms with Gasteiger partial charge in [-0.2, -0.15) is 0 Å². The number of amides is 1. The van der Waals surface area contributed by atoms with Crippen LogP contribution in [0.3, 0.4) is 0 Å². The molecule has 2 aromatic rings. The molecule has 7 nitrogen and oxygen atoms in total. The van der Waals surface area contributed by atoms with Gasteiger partial charge >= 0.3 is 5.97 Å². The lowest BCUT2D eigenvalue weighted by Crippen LogP contribution is -2.40. The Morgan fingerprint density at radius 1 is 1.03 bits per heavy atom. The van der Waals surface area contributed by atoms with Crippen LogP contribution in [0.2, 0.25) is 0 Å². The fourth-order valence-corrected chi connectivity index (χ4v) is 3.87. The van der Waals surface area contributed by atoms with Crippen molar-refractivity contribution >= 4 is 17.7 Å². The molecule has 1 fully saturated rings. The van der Waals surface area contributed by atoms with Crippen LogP contribution in [0.5, 0.6) is 5.75 Å². The molecule has 2 heterocycles. The first-order chi connectivity index (χ1) is 13.9. The van der Waals surface area contributed by atoms with E-state index in [1.54, 1.807) is 50.1 Å². The number of ketones is 1. The van der Waals surface area contributed by atoms with Crippen molar-refractivity contribution < 1.29 is 23.9 Å². The average molecular weight is 398 g/mol. The van der Waals surface area contributed by atoms with Crippen LogP contribution in [-0.4, -0.2) is 54.9 Å². The number of piperidine rings is 1. The van der Waals surface area contributed by atoms with Crippen molar-refractivity contribution in [3.8, 4) is 5.75 Å². The Morgan fingerprint density at radius 3 is 2.21 bits per heavy atom. The summed E-state index contributed by atoms with van der Waals surface area (Å²) >= 11 is 0. The zero-order valence-corrected chi connectivity index (χ0v) is 17.2. The molecule has 1 aliphatic rings. The zero-order chi connectivity index (χ0) is 21.1. The second-order valence-electron chi connectivity index (χ2n) is 7.28. The van der Waals surface area contributed by atoms with E-state index in [0.29, 0.717) is 59.8 Å². The van der Waals surface area contributed by atoms with E-state index >= 15 is 0 Å². The Bertz CT molecular complexity index is 921. The Kier molecular flexibility index (Phi) is 6.06. The zero-order valence-electron chi connectivity index (χ0n) is 17.2. The highest BCUT2D eigenvalue weighted by Gasteiger charge is 2.31. The quantitative estimate of drug-likeness (QED) is 0.617. The number of rotatable bonds is 5. The minimum atomic E-state index is -0.459. The summed E-state index contributed by atoms with van der Waals surface area (Å²) in [5.74, 6) is 0.0873. The molecule has 7 heteroatoms. The summed E-state index contributed by atoms with van der Waals surface area (Å²) in [6, 6.07) is 7.11. The lowest BCUT2D eigenvalue weighted by molar-refractivity contribution is 0.0599. The standard InChI is InChI=1S/C22H26N2O5/c1-13-18(22(27)29-4)14(2)23-19(13)21(26)24-11-9-16(10-12-24)20(25)15-5-7-17(28-3)8-6-15/h5-8,16,23H,9-12H2,1-4H3. The van der Waals surface area contributed by atoms with Crippen LogP contribution in [0, 0.1) is 19.8 Å². The topological polar surface area (TPSA) is 88.7 Å². The first kappa shape index (κ1) is 20.6. The minimum Gasteiger partial charge on any atom is -0.497 e. The number of benzene rings is 1. The highest BCUT2D eigenvalue weighted by Crippen LogP contribution is 2.26. The van der Waals surface area contributed by atoms with Gasteiger partial charge < -0.3 is 19.4 Å².